The van der Waals surface area contributed by atoms with E-state index < -0.39 is 0 Å². The molecule has 0 saturated heterocycles. The number of aldehydes is 1. The highest BCUT2D eigenvalue weighted by Crippen LogP contribution is 2.31. The molecule has 1 N–H and O–H groups in total. The van der Waals surface area contributed by atoms with E-state index in [-0.39, 0.29) is 4.83 Å². The van der Waals surface area contributed by atoms with Crippen molar-refractivity contribution in [3.63, 3.8) is 0 Å². The van der Waals surface area contributed by atoms with Gasteiger partial charge in [0.2, 0.25) is 0 Å². The summed E-state index contributed by atoms with van der Waals surface area (Å²) in [5.41, 5.74) is 5.29. The average molecular weight is 397 g/mol. The molecule has 2 rings (SSSR count). The zero-order chi connectivity index (χ0) is 14.7. The lowest BCUT2D eigenvalue weighted by atomic mass is 9.99. The highest BCUT2D eigenvalue weighted by atomic mass is 79.9. The van der Waals surface area contributed by atoms with Crippen molar-refractivity contribution in [3.05, 3.63) is 57.6 Å². The topological polar surface area (TPSA) is 29.1 Å². The van der Waals surface area contributed by atoms with Gasteiger partial charge in [0.25, 0.3) is 0 Å². The molecule has 0 aliphatic heterocycles. The van der Waals surface area contributed by atoms with Crippen LogP contribution in [-0.2, 0) is 4.79 Å². The van der Waals surface area contributed by atoms with Crippen LogP contribution in [-0.4, -0.2) is 6.29 Å². The lowest BCUT2D eigenvalue weighted by Crippen LogP contribution is -2.00. The molecule has 0 saturated carbocycles. The van der Waals surface area contributed by atoms with E-state index in [9.17, 15) is 4.79 Å². The molecule has 20 heavy (non-hydrogen) atoms. The van der Waals surface area contributed by atoms with Crippen molar-refractivity contribution in [1.29, 1.82) is 0 Å². The van der Waals surface area contributed by atoms with Crippen LogP contribution in [0.4, 0.5) is 11.4 Å². The van der Waals surface area contributed by atoms with E-state index in [0.717, 1.165) is 38.8 Å². The summed E-state index contributed by atoms with van der Waals surface area (Å²) in [5.74, 6) is 0. The van der Waals surface area contributed by atoms with E-state index in [0.29, 0.717) is 0 Å². The van der Waals surface area contributed by atoms with Gasteiger partial charge in [0.1, 0.15) is 6.29 Å². The highest BCUT2D eigenvalue weighted by molar-refractivity contribution is 9.10. The molecule has 0 amide bonds. The molecule has 0 aliphatic rings. The van der Waals surface area contributed by atoms with Gasteiger partial charge in [0, 0.05) is 15.8 Å². The largest absolute Gasteiger partial charge is 0.356 e. The van der Waals surface area contributed by atoms with Crippen LogP contribution < -0.4 is 5.32 Å². The van der Waals surface area contributed by atoms with Crippen molar-refractivity contribution in [1.82, 2.24) is 0 Å². The minimum absolute atomic E-state index is 0.246. The number of anilines is 2. The van der Waals surface area contributed by atoms with Crippen LogP contribution in [0.25, 0.3) is 0 Å². The van der Waals surface area contributed by atoms with Crippen molar-refractivity contribution in [2.75, 3.05) is 5.32 Å². The van der Waals surface area contributed by atoms with Gasteiger partial charge in [-0.05, 0) is 66.9 Å². The Labute approximate surface area is 135 Å². The molecule has 0 spiro atoms. The second kappa shape index (κ2) is 6.55. The van der Waals surface area contributed by atoms with Crippen molar-refractivity contribution < 1.29 is 4.79 Å². The zero-order valence-electron chi connectivity index (χ0n) is 11.3. The molecular formula is C16H15Br2NO. The molecular weight excluding hydrogens is 382 g/mol. The molecule has 1 unspecified atom stereocenters. The fourth-order valence-corrected chi connectivity index (χ4v) is 3.24. The van der Waals surface area contributed by atoms with Crippen LogP contribution in [0.2, 0.25) is 0 Å². The van der Waals surface area contributed by atoms with Crippen LogP contribution in [0.15, 0.2) is 40.9 Å². The Bertz CT molecular complexity index is 600. The first-order chi connectivity index (χ1) is 9.51. The summed E-state index contributed by atoms with van der Waals surface area (Å²) in [6.07, 6.45) is 0.914. The molecule has 2 nitrogen and oxygen atoms in total. The fraction of sp³-hybridized carbons (Fsp3) is 0.188. The van der Waals surface area contributed by atoms with E-state index in [1.165, 1.54) is 0 Å². The first kappa shape index (κ1) is 15.3. The molecule has 104 valence electrons. The molecule has 0 aliphatic carbocycles. The van der Waals surface area contributed by atoms with Crippen molar-refractivity contribution in [3.8, 4) is 0 Å². The summed E-state index contributed by atoms with van der Waals surface area (Å²) in [5, 5.41) is 3.37. The van der Waals surface area contributed by atoms with Crippen molar-refractivity contribution >= 4 is 49.5 Å². The van der Waals surface area contributed by atoms with Gasteiger partial charge in [-0.25, -0.2) is 0 Å². The van der Waals surface area contributed by atoms with Crippen molar-refractivity contribution in [2.24, 2.45) is 0 Å². The Balaban J connectivity index is 2.30. The number of aryl methyl sites for hydroxylation is 2. The second-order valence-electron chi connectivity index (χ2n) is 4.69. The first-order valence-corrected chi connectivity index (χ1v) is 7.95. The van der Waals surface area contributed by atoms with E-state index in [1.54, 1.807) is 0 Å². The predicted molar refractivity (Wildman–Crippen MR) is 91.1 cm³/mol. The van der Waals surface area contributed by atoms with E-state index in [4.69, 9.17) is 0 Å². The van der Waals surface area contributed by atoms with Crippen LogP contribution in [0.1, 0.15) is 21.5 Å². The van der Waals surface area contributed by atoms with Crippen LogP contribution in [0.3, 0.4) is 0 Å². The Kier molecular flexibility index (Phi) is 5.00. The molecule has 0 fully saturated rings. The summed E-state index contributed by atoms with van der Waals surface area (Å²) in [4.78, 5) is 10.7. The zero-order valence-corrected chi connectivity index (χ0v) is 14.5. The predicted octanol–water partition coefficient (Wildman–Crippen LogP) is 5.44. The van der Waals surface area contributed by atoms with Gasteiger partial charge in [-0.1, -0.05) is 31.9 Å². The smallest absolute Gasteiger partial charge is 0.138 e. The second-order valence-corrected chi connectivity index (χ2v) is 6.60. The SMILES string of the molecule is Cc1cc(Nc2ccc(Br)cc2)cc(C)c1C(Br)C=O. The Morgan fingerprint density at radius 2 is 1.60 bits per heavy atom. The third-order valence-electron chi connectivity index (χ3n) is 3.12. The Morgan fingerprint density at radius 3 is 2.10 bits per heavy atom. The maximum Gasteiger partial charge on any atom is 0.138 e. The maximum absolute atomic E-state index is 11.0. The lowest BCUT2D eigenvalue weighted by molar-refractivity contribution is -0.107. The van der Waals surface area contributed by atoms with Crippen LogP contribution >= 0.6 is 31.9 Å². The lowest BCUT2D eigenvalue weighted by Gasteiger charge is -2.15. The molecule has 0 aromatic heterocycles. The van der Waals surface area contributed by atoms with Gasteiger partial charge < -0.3 is 10.1 Å². The average Bonchev–Trinajstić information content (AvgIpc) is 2.40. The summed E-state index contributed by atoms with van der Waals surface area (Å²) in [7, 11) is 0. The van der Waals surface area contributed by atoms with Gasteiger partial charge in [-0.15, -0.1) is 0 Å². The summed E-state index contributed by atoms with van der Waals surface area (Å²) in [6, 6.07) is 12.1. The maximum atomic E-state index is 11.0. The number of carbonyl (C=O) groups is 1. The summed E-state index contributed by atoms with van der Waals surface area (Å²) in [6.45, 7) is 4.04. The quantitative estimate of drug-likeness (QED) is 0.550. The monoisotopic (exact) mass is 395 g/mol. The van der Waals surface area contributed by atoms with Gasteiger partial charge >= 0.3 is 0 Å². The number of rotatable bonds is 4. The summed E-state index contributed by atoms with van der Waals surface area (Å²) < 4.78 is 1.05. The summed E-state index contributed by atoms with van der Waals surface area (Å²) >= 11 is 6.81. The van der Waals surface area contributed by atoms with Crippen LogP contribution in [0, 0.1) is 13.8 Å². The van der Waals surface area contributed by atoms with E-state index >= 15 is 0 Å². The van der Waals surface area contributed by atoms with E-state index in [1.807, 2.05) is 38.1 Å². The molecule has 0 radical (unpaired) electrons. The molecule has 2 aromatic rings. The third-order valence-corrected chi connectivity index (χ3v) is 4.32. The number of hydrogen-bond acceptors (Lipinski definition) is 2. The number of halogens is 2. The number of hydrogen-bond donors (Lipinski definition) is 1. The number of carbonyl (C=O) groups excluding carboxylic acids is 1. The normalized spacial score (nSPS) is 12.0. The minimum Gasteiger partial charge on any atom is -0.356 e. The molecule has 4 heteroatoms. The molecule has 1 atom stereocenters. The van der Waals surface area contributed by atoms with Crippen molar-refractivity contribution in [2.45, 2.75) is 18.7 Å². The van der Waals surface area contributed by atoms with Gasteiger partial charge in [-0.3, -0.25) is 0 Å². The standard InChI is InChI=1S/C16H15Br2NO/c1-10-7-14(8-11(2)16(10)15(18)9-20)19-13-5-3-12(17)4-6-13/h3-9,15,19H,1-2H3. The molecule has 0 bridgehead atoms. The first-order valence-electron chi connectivity index (χ1n) is 6.24. The minimum atomic E-state index is -0.246. The number of nitrogens with one attached hydrogen (secondary N) is 1. The molecule has 0 heterocycles. The van der Waals surface area contributed by atoms with Gasteiger partial charge in [-0.2, -0.15) is 0 Å². The Hall–Kier alpha value is -1.13. The highest BCUT2D eigenvalue weighted by Gasteiger charge is 2.13. The fourth-order valence-electron chi connectivity index (χ4n) is 2.25. The number of benzene rings is 2. The van der Waals surface area contributed by atoms with E-state index in [2.05, 4.69) is 49.3 Å². The third kappa shape index (κ3) is 3.49. The Morgan fingerprint density at radius 1 is 1.05 bits per heavy atom. The van der Waals surface area contributed by atoms with Gasteiger partial charge in [0.15, 0.2) is 0 Å². The molecule has 2 aromatic carbocycles. The van der Waals surface area contributed by atoms with Crippen LogP contribution in [0.5, 0.6) is 0 Å². The number of alkyl halides is 1. The van der Waals surface area contributed by atoms with Gasteiger partial charge in [0.05, 0.1) is 4.83 Å².